The second kappa shape index (κ2) is 5.27. The summed E-state index contributed by atoms with van der Waals surface area (Å²) in [6.45, 7) is 0. The number of carbonyl (C=O) groups is 1. The first-order valence-electron chi connectivity index (χ1n) is 5.42. The van der Waals surface area contributed by atoms with Gasteiger partial charge in [-0.15, -0.1) is 0 Å². The molecule has 0 aliphatic rings. The van der Waals surface area contributed by atoms with Gasteiger partial charge in [-0.1, -0.05) is 36.4 Å². The minimum atomic E-state index is -0.952. The first-order valence-corrected chi connectivity index (χ1v) is 5.42. The van der Waals surface area contributed by atoms with Gasteiger partial charge in [-0.3, -0.25) is 0 Å². The molecule has 2 aromatic rings. The van der Waals surface area contributed by atoms with Crippen molar-refractivity contribution in [2.45, 2.75) is 0 Å². The highest BCUT2D eigenvalue weighted by molar-refractivity contribution is 5.88. The van der Waals surface area contributed by atoms with Crippen molar-refractivity contribution < 1.29 is 14.3 Å². The van der Waals surface area contributed by atoms with Gasteiger partial charge < -0.3 is 5.11 Å². The molecule has 2 nitrogen and oxygen atoms in total. The summed E-state index contributed by atoms with van der Waals surface area (Å²) in [5.74, 6) is -1.23. The van der Waals surface area contributed by atoms with E-state index in [9.17, 15) is 9.18 Å². The Balaban J connectivity index is 2.20. The maximum absolute atomic E-state index is 12.7. The summed E-state index contributed by atoms with van der Waals surface area (Å²) < 4.78 is 12.7. The molecule has 0 heterocycles. The molecule has 0 radical (unpaired) electrons. The van der Waals surface area contributed by atoms with Crippen LogP contribution < -0.4 is 0 Å². The highest BCUT2D eigenvalue weighted by atomic mass is 19.1. The van der Waals surface area contributed by atoms with Crippen molar-refractivity contribution in [1.29, 1.82) is 0 Å². The van der Waals surface area contributed by atoms with Gasteiger partial charge in [0.15, 0.2) is 0 Å². The number of benzene rings is 2. The van der Waals surface area contributed by atoms with Crippen LogP contribution in [-0.4, -0.2) is 11.1 Å². The normalized spacial score (nSPS) is 10.7. The Hall–Kier alpha value is -2.42. The SMILES string of the molecule is O=C(O)c1cccc(/C=C/c2ccc(F)cc2)c1. The van der Waals surface area contributed by atoms with Gasteiger partial charge in [-0.25, -0.2) is 9.18 Å². The molecule has 0 saturated heterocycles. The minimum absolute atomic E-state index is 0.247. The lowest BCUT2D eigenvalue weighted by atomic mass is 10.1. The number of halogens is 1. The first kappa shape index (κ1) is 12.0. The van der Waals surface area contributed by atoms with Crippen molar-refractivity contribution in [3.05, 3.63) is 71.0 Å². The van der Waals surface area contributed by atoms with Crippen LogP contribution in [0.25, 0.3) is 12.2 Å². The van der Waals surface area contributed by atoms with Crippen molar-refractivity contribution in [2.75, 3.05) is 0 Å². The van der Waals surface area contributed by atoms with Crippen LogP contribution >= 0.6 is 0 Å². The summed E-state index contributed by atoms with van der Waals surface area (Å²) in [4.78, 5) is 10.8. The molecule has 0 spiro atoms. The van der Waals surface area contributed by atoms with Crippen LogP contribution in [0.5, 0.6) is 0 Å². The maximum atomic E-state index is 12.7. The van der Waals surface area contributed by atoms with E-state index in [4.69, 9.17) is 5.11 Å². The lowest BCUT2D eigenvalue weighted by molar-refractivity contribution is 0.0697. The maximum Gasteiger partial charge on any atom is 0.335 e. The number of hydrogen-bond acceptors (Lipinski definition) is 1. The Morgan fingerprint density at radius 3 is 2.33 bits per heavy atom. The second-order valence-electron chi connectivity index (χ2n) is 3.82. The van der Waals surface area contributed by atoms with Gasteiger partial charge in [0.25, 0.3) is 0 Å². The highest BCUT2D eigenvalue weighted by Gasteiger charge is 2.01. The molecule has 0 amide bonds. The Morgan fingerprint density at radius 1 is 1.00 bits per heavy atom. The van der Waals surface area contributed by atoms with Crippen LogP contribution in [0.15, 0.2) is 48.5 Å². The van der Waals surface area contributed by atoms with E-state index in [1.165, 1.54) is 18.2 Å². The Kier molecular flexibility index (Phi) is 3.53. The smallest absolute Gasteiger partial charge is 0.335 e. The fourth-order valence-corrected chi connectivity index (χ4v) is 1.54. The molecule has 0 fully saturated rings. The molecule has 0 aliphatic heterocycles. The lowest BCUT2D eigenvalue weighted by Gasteiger charge is -1.97. The minimum Gasteiger partial charge on any atom is -0.478 e. The monoisotopic (exact) mass is 242 g/mol. The summed E-state index contributed by atoms with van der Waals surface area (Å²) in [5.41, 5.74) is 1.90. The van der Waals surface area contributed by atoms with Gasteiger partial charge in [0, 0.05) is 0 Å². The van der Waals surface area contributed by atoms with Gasteiger partial charge in [-0.2, -0.15) is 0 Å². The average molecular weight is 242 g/mol. The summed E-state index contributed by atoms with van der Waals surface area (Å²) in [5, 5.41) is 8.86. The molecule has 2 rings (SSSR count). The largest absolute Gasteiger partial charge is 0.478 e. The topological polar surface area (TPSA) is 37.3 Å². The number of hydrogen-bond donors (Lipinski definition) is 1. The fourth-order valence-electron chi connectivity index (χ4n) is 1.54. The molecule has 0 atom stereocenters. The molecule has 3 heteroatoms. The average Bonchev–Trinajstić information content (AvgIpc) is 2.38. The fraction of sp³-hybridized carbons (Fsp3) is 0. The predicted molar refractivity (Wildman–Crippen MR) is 68.7 cm³/mol. The van der Waals surface area contributed by atoms with Crippen molar-refractivity contribution in [2.24, 2.45) is 0 Å². The quantitative estimate of drug-likeness (QED) is 0.833. The summed E-state index contributed by atoms with van der Waals surface area (Å²) in [6, 6.07) is 12.7. The van der Waals surface area contributed by atoms with Crippen LogP contribution in [0.2, 0.25) is 0 Å². The molecule has 18 heavy (non-hydrogen) atoms. The van der Waals surface area contributed by atoms with E-state index < -0.39 is 5.97 Å². The van der Waals surface area contributed by atoms with E-state index in [-0.39, 0.29) is 11.4 Å². The van der Waals surface area contributed by atoms with Crippen LogP contribution in [0.1, 0.15) is 21.5 Å². The number of aromatic carboxylic acids is 1. The molecule has 90 valence electrons. The Labute approximate surface area is 104 Å². The third-order valence-corrected chi connectivity index (χ3v) is 2.47. The van der Waals surface area contributed by atoms with Crippen molar-refractivity contribution >= 4 is 18.1 Å². The molecular formula is C15H11FO2. The third kappa shape index (κ3) is 3.04. The van der Waals surface area contributed by atoms with Crippen molar-refractivity contribution in [3.8, 4) is 0 Å². The molecule has 2 aromatic carbocycles. The standard InChI is InChI=1S/C15H11FO2/c16-14-8-6-11(7-9-14)4-5-12-2-1-3-13(10-12)15(17)18/h1-10H,(H,17,18)/b5-4+. The molecule has 1 N–H and O–H groups in total. The van der Waals surface area contributed by atoms with Gasteiger partial charge in [0.1, 0.15) is 5.82 Å². The first-order chi connectivity index (χ1) is 8.65. The summed E-state index contributed by atoms with van der Waals surface area (Å²) in [7, 11) is 0. The zero-order valence-electron chi connectivity index (χ0n) is 9.51. The predicted octanol–water partition coefficient (Wildman–Crippen LogP) is 3.69. The van der Waals surface area contributed by atoms with Crippen LogP contribution in [0.4, 0.5) is 4.39 Å². The van der Waals surface area contributed by atoms with E-state index in [2.05, 4.69) is 0 Å². The Morgan fingerprint density at radius 2 is 1.67 bits per heavy atom. The van der Waals surface area contributed by atoms with Gasteiger partial charge >= 0.3 is 5.97 Å². The van der Waals surface area contributed by atoms with E-state index in [1.54, 1.807) is 36.4 Å². The Bertz CT molecular complexity index is 586. The van der Waals surface area contributed by atoms with Crippen molar-refractivity contribution in [1.82, 2.24) is 0 Å². The number of carboxylic acid groups (broad SMARTS) is 1. The van der Waals surface area contributed by atoms with E-state index in [0.29, 0.717) is 0 Å². The van der Waals surface area contributed by atoms with Crippen LogP contribution in [-0.2, 0) is 0 Å². The zero-order chi connectivity index (χ0) is 13.0. The molecule has 0 aromatic heterocycles. The van der Waals surface area contributed by atoms with Gasteiger partial charge in [0.2, 0.25) is 0 Å². The third-order valence-electron chi connectivity index (χ3n) is 2.47. The summed E-state index contributed by atoms with van der Waals surface area (Å²) in [6.07, 6.45) is 3.60. The molecule has 0 unspecified atom stereocenters. The number of carboxylic acids is 1. The number of rotatable bonds is 3. The van der Waals surface area contributed by atoms with E-state index in [1.807, 2.05) is 6.07 Å². The van der Waals surface area contributed by atoms with Crippen LogP contribution in [0, 0.1) is 5.82 Å². The highest BCUT2D eigenvalue weighted by Crippen LogP contribution is 2.11. The van der Waals surface area contributed by atoms with E-state index in [0.717, 1.165) is 11.1 Å². The zero-order valence-corrected chi connectivity index (χ0v) is 9.51. The van der Waals surface area contributed by atoms with Gasteiger partial charge in [-0.05, 0) is 35.4 Å². The van der Waals surface area contributed by atoms with Crippen molar-refractivity contribution in [3.63, 3.8) is 0 Å². The van der Waals surface area contributed by atoms with Crippen LogP contribution in [0.3, 0.4) is 0 Å². The van der Waals surface area contributed by atoms with Gasteiger partial charge in [0.05, 0.1) is 5.56 Å². The molecule has 0 aliphatic carbocycles. The second-order valence-corrected chi connectivity index (χ2v) is 3.82. The molecular weight excluding hydrogens is 231 g/mol. The molecule has 0 bridgehead atoms. The summed E-state index contributed by atoms with van der Waals surface area (Å²) >= 11 is 0. The van der Waals surface area contributed by atoms with E-state index >= 15 is 0 Å². The molecule has 0 saturated carbocycles. The lowest BCUT2D eigenvalue weighted by Crippen LogP contribution is -1.95.